The average molecular weight is 377 g/mol. The van der Waals surface area contributed by atoms with Gasteiger partial charge in [-0.2, -0.15) is 0 Å². The molecule has 2 rings (SSSR count). The fourth-order valence-electron chi connectivity index (χ4n) is 2.32. The zero-order valence-corrected chi connectivity index (χ0v) is 15.3. The lowest BCUT2D eigenvalue weighted by molar-refractivity contribution is -0.144. The van der Waals surface area contributed by atoms with Crippen molar-refractivity contribution >= 4 is 34.2 Å². The van der Waals surface area contributed by atoms with E-state index in [0.29, 0.717) is 6.42 Å². The van der Waals surface area contributed by atoms with E-state index in [-0.39, 0.29) is 34.0 Å². The zero-order chi connectivity index (χ0) is 19.1. The normalized spacial score (nSPS) is 10.2. The van der Waals surface area contributed by atoms with Gasteiger partial charge in [-0.25, -0.2) is 9.59 Å². The number of benzene rings is 1. The summed E-state index contributed by atoms with van der Waals surface area (Å²) < 4.78 is 14.6. The average Bonchev–Trinajstić information content (AvgIpc) is 3.00. The van der Waals surface area contributed by atoms with Gasteiger partial charge in [0, 0.05) is 12.0 Å². The number of carbonyl (C=O) groups excluding carboxylic acids is 3. The molecule has 1 aromatic heterocycles. The minimum absolute atomic E-state index is 0.0220. The van der Waals surface area contributed by atoms with E-state index in [1.165, 1.54) is 14.2 Å². The second-order valence-corrected chi connectivity index (χ2v) is 6.33. The van der Waals surface area contributed by atoms with E-state index < -0.39 is 17.9 Å². The van der Waals surface area contributed by atoms with E-state index >= 15 is 0 Å². The van der Waals surface area contributed by atoms with Gasteiger partial charge in [-0.05, 0) is 12.0 Å². The number of carbonyl (C=O) groups is 3. The molecule has 0 bridgehead atoms. The molecular weight excluding hydrogens is 358 g/mol. The van der Waals surface area contributed by atoms with Gasteiger partial charge in [0.2, 0.25) is 0 Å². The molecule has 0 spiro atoms. The minimum atomic E-state index is -0.704. The highest BCUT2D eigenvalue weighted by atomic mass is 32.1. The van der Waals surface area contributed by atoms with Gasteiger partial charge in [-0.15, -0.1) is 11.3 Å². The summed E-state index contributed by atoms with van der Waals surface area (Å²) in [5.74, 6) is -1.82. The number of aryl methyl sites for hydroxylation is 1. The van der Waals surface area contributed by atoms with Crippen molar-refractivity contribution in [2.75, 3.05) is 20.0 Å². The molecule has 0 amide bonds. The summed E-state index contributed by atoms with van der Waals surface area (Å²) in [4.78, 5) is 36.0. The van der Waals surface area contributed by atoms with Crippen molar-refractivity contribution in [3.05, 3.63) is 51.9 Å². The Bertz CT molecular complexity index is 800. The van der Waals surface area contributed by atoms with Gasteiger partial charge in [0.15, 0.2) is 0 Å². The molecule has 2 N–H and O–H groups in total. The Hall–Kier alpha value is -2.87. The third-order valence-electron chi connectivity index (χ3n) is 3.63. The fraction of sp³-hybridized carbons (Fsp3) is 0.278. The number of esters is 3. The molecule has 0 aliphatic carbocycles. The quantitative estimate of drug-likeness (QED) is 0.584. The Kier molecular flexibility index (Phi) is 6.74. The van der Waals surface area contributed by atoms with Crippen LogP contribution in [0.3, 0.4) is 0 Å². The predicted molar refractivity (Wildman–Crippen MR) is 96.0 cm³/mol. The molecule has 1 heterocycles. The maximum absolute atomic E-state index is 12.0. The minimum Gasteiger partial charge on any atom is -0.465 e. The molecule has 1 aromatic carbocycles. The summed E-state index contributed by atoms with van der Waals surface area (Å²) in [7, 11) is 2.42. The van der Waals surface area contributed by atoms with E-state index in [0.717, 1.165) is 16.9 Å². The van der Waals surface area contributed by atoms with Crippen molar-refractivity contribution < 1.29 is 28.6 Å². The topological polar surface area (TPSA) is 105 Å². The molecule has 138 valence electrons. The Morgan fingerprint density at radius 3 is 2.31 bits per heavy atom. The predicted octanol–water partition coefficient (Wildman–Crippen LogP) is 2.58. The van der Waals surface area contributed by atoms with Crippen molar-refractivity contribution in [1.82, 2.24) is 0 Å². The number of ether oxygens (including phenoxy) is 3. The van der Waals surface area contributed by atoms with Crippen LogP contribution < -0.4 is 5.73 Å². The first-order chi connectivity index (χ1) is 12.5. The highest BCUT2D eigenvalue weighted by Crippen LogP contribution is 2.33. The first-order valence-corrected chi connectivity index (χ1v) is 8.56. The molecule has 0 fully saturated rings. The van der Waals surface area contributed by atoms with E-state index in [1.807, 2.05) is 30.3 Å². The van der Waals surface area contributed by atoms with E-state index in [9.17, 15) is 14.4 Å². The molecule has 26 heavy (non-hydrogen) atoms. The Balaban J connectivity index is 2.10. The van der Waals surface area contributed by atoms with Gasteiger partial charge in [0.25, 0.3) is 0 Å². The number of nitrogens with two attached hydrogens (primary N) is 1. The number of hydrogen-bond donors (Lipinski definition) is 1. The highest BCUT2D eigenvalue weighted by Gasteiger charge is 2.27. The van der Waals surface area contributed by atoms with Crippen LogP contribution in [0.15, 0.2) is 30.3 Å². The molecule has 0 saturated heterocycles. The third-order valence-corrected chi connectivity index (χ3v) is 4.67. The van der Waals surface area contributed by atoms with Gasteiger partial charge in [-0.3, -0.25) is 4.79 Å². The summed E-state index contributed by atoms with van der Waals surface area (Å²) in [6.07, 6.45) is 0.698. The molecule has 0 aliphatic rings. The molecule has 0 atom stereocenters. The molecule has 8 heteroatoms. The molecule has 7 nitrogen and oxygen atoms in total. The zero-order valence-electron chi connectivity index (χ0n) is 14.4. The summed E-state index contributed by atoms with van der Waals surface area (Å²) in [5, 5.41) is 0.104. The number of nitrogen functional groups attached to an aromatic ring is 1. The lowest BCUT2D eigenvalue weighted by Crippen LogP contribution is -2.13. The first kappa shape index (κ1) is 19.5. The monoisotopic (exact) mass is 377 g/mol. The van der Waals surface area contributed by atoms with Crippen LogP contribution in [0.4, 0.5) is 5.00 Å². The van der Waals surface area contributed by atoms with Crippen molar-refractivity contribution in [3.8, 4) is 0 Å². The number of rotatable bonds is 7. The van der Waals surface area contributed by atoms with E-state index in [1.54, 1.807) is 0 Å². The second kappa shape index (κ2) is 9.00. The number of methoxy groups -OCH3 is 2. The van der Waals surface area contributed by atoms with Crippen LogP contribution in [0.5, 0.6) is 0 Å². The van der Waals surface area contributed by atoms with Crippen molar-refractivity contribution in [2.24, 2.45) is 0 Å². The van der Waals surface area contributed by atoms with Gasteiger partial charge in [-0.1, -0.05) is 30.3 Å². The largest absolute Gasteiger partial charge is 0.465 e. The molecule has 2 aromatic rings. The molecule has 0 unspecified atom stereocenters. The van der Waals surface area contributed by atoms with Gasteiger partial charge in [0.05, 0.1) is 14.2 Å². The van der Waals surface area contributed by atoms with Crippen LogP contribution in [0.2, 0.25) is 0 Å². The Labute approximate surface area is 154 Å². The van der Waals surface area contributed by atoms with Gasteiger partial charge < -0.3 is 19.9 Å². The standard InChI is InChI=1S/C18H19NO6S/c1-23-17(21)14-12(15(18(22)24-2)26-16(14)19)10-25-13(20)9-8-11-6-4-3-5-7-11/h3-7H,8-10,19H2,1-2H3. The number of hydrogen-bond acceptors (Lipinski definition) is 8. The van der Waals surface area contributed by atoms with Crippen LogP contribution in [-0.4, -0.2) is 32.1 Å². The molecular formula is C18H19NO6S. The van der Waals surface area contributed by atoms with Gasteiger partial charge >= 0.3 is 17.9 Å². The summed E-state index contributed by atoms with van der Waals surface area (Å²) in [6, 6.07) is 9.50. The third kappa shape index (κ3) is 4.60. The number of thiophene rings is 1. The summed E-state index contributed by atoms with van der Waals surface area (Å²) >= 11 is 0.890. The van der Waals surface area contributed by atoms with Gasteiger partial charge in [0.1, 0.15) is 22.0 Å². The van der Waals surface area contributed by atoms with Crippen LogP contribution in [0.1, 0.15) is 37.6 Å². The summed E-state index contributed by atoms with van der Waals surface area (Å²) in [6.45, 7) is -0.268. The smallest absolute Gasteiger partial charge is 0.348 e. The maximum Gasteiger partial charge on any atom is 0.348 e. The van der Waals surface area contributed by atoms with Crippen LogP contribution >= 0.6 is 11.3 Å². The Morgan fingerprint density at radius 1 is 1.04 bits per heavy atom. The first-order valence-electron chi connectivity index (χ1n) is 7.75. The number of anilines is 1. The lowest BCUT2D eigenvalue weighted by Gasteiger charge is -2.08. The molecule has 0 radical (unpaired) electrons. The van der Waals surface area contributed by atoms with Crippen molar-refractivity contribution in [2.45, 2.75) is 19.4 Å². The fourth-order valence-corrected chi connectivity index (χ4v) is 3.30. The van der Waals surface area contributed by atoms with Crippen molar-refractivity contribution in [1.29, 1.82) is 0 Å². The highest BCUT2D eigenvalue weighted by molar-refractivity contribution is 7.18. The van der Waals surface area contributed by atoms with Crippen LogP contribution in [0.25, 0.3) is 0 Å². The van der Waals surface area contributed by atoms with E-state index in [4.69, 9.17) is 19.9 Å². The van der Waals surface area contributed by atoms with Crippen molar-refractivity contribution in [3.63, 3.8) is 0 Å². The maximum atomic E-state index is 12.0. The summed E-state index contributed by atoms with van der Waals surface area (Å²) in [5.41, 5.74) is 7.05. The molecule has 0 saturated carbocycles. The van der Waals surface area contributed by atoms with Crippen LogP contribution in [0, 0.1) is 0 Å². The second-order valence-electron chi connectivity index (χ2n) is 5.28. The lowest BCUT2D eigenvalue weighted by atomic mass is 10.1. The molecule has 0 aliphatic heterocycles. The SMILES string of the molecule is COC(=O)c1sc(N)c(C(=O)OC)c1COC(=O)CCc1ccccc1. The van der Waals surface area contributed by atoms with Crippen LogP contribution in [-0.2, 0) is 32.0 Å². The van der Waals surface area contributed by atoms with E-state index in [2.05, 4.69) is 0 Å². The Morgan fingerprint density at radius 2 is 1.69 bits per heavy atom.